The first kappa shape index (κ1) is 15.4. The lowest BCUT2D eigenvalue weighted by molar-refractivity contribution is -0.150. The van der Waals surface area contributed by atoms with Gasteiger partial charge >= 0.3 is 5.97 Å². The van der Waals surface area contributed by atoms with Crippen molar-refractivity contribution in [1.29, 1.82) is 0 Å². The number of nitrogens with one attached hydrogen (secondary N) is 1. The first-order valence-corrected chi connectivity index (χ1v) is 6.68. The molecule has 0 radical (unpaired) electrons. The molecular weight excluding hydrogens is 230 g/mol. The Balaban J connectivity index is 2.67. The Morgan fingerprint density at radius 3 is 2.67 bits per heavy atom. The van der Waals surface area contributed by atoms with Crippen LogP contribution in [-0.2, 0) is 9.53 Å². The molecule has 1 heterocycles. The second-order valence-corrected chi connectivity index (χ2v) is 5.50. The van der Waals surface area contributed by atoms with Gasteiger partial charge in [0.25, 0.3) is 0 Å². The van der Waals surface area contributed by atoms with E-state index < -0.39 is 5.54 Å². The molecule has 1 rings (SSSR count). The average molecular weight is 257 g/mol. The number of ether oxygens (including phenoxy) is 1. The second-order valence-electron chi connectivity index (χ2n) is 5.50. The lowest BCUT2D eigenvalue weighted by atomic mass is 9.96. The van der Waals surface area contributed by atoms with Crippen molar-refractivity contribution in [3.8, 4) is 0 Å². The first-order chi connectivity index (χ1) is 8.41. The summed E-state index contributed by atoms with van der Waals surface area (Å²) in [5.41, 5.74) is -0.528. The van der Waals surface area contributed by atoms with Crippen molar-refractivity contribution in [3.63, 3.8) is 0 Å². The van der Waals surface area contributed by atoms with E-state index in [-0.39, 0.29) is 5.97 Å². The average Bonchev–Trinajstić information content (AvgIpc) is 2.55. The highest BCUT2D eigenvalue weighted by atomic mass is 16.5. The number of hydrogen-bond donors (Lipinski definition) is 1. The molecule has 0 bridgehead atoms. The number of rotatable bonds is 6. The minimum absolute atomic E-state index is 0.111. The van der Waals surface area contributed by atoms with Crippen LogP contribution in [0.15, 0.2) is 0 Å². The molecule has 1 saturated heterocycles. The summed E-state index contributed by atoms with van der Waals surface area (Å²) in [6.45, 7) is 6.88. The molecule has 0 aliphatic carbocycles. The third-order valence-electron chi connectivity index (χ3n) is 3.60. The van der Waals surface area contributed by atoms with E-state index in [2.05, 4.69) is 29.1 Å². The van der Waals surface area contributed by atoms with Gasteiger partial charge in [-0.3, -0.25) is 5.32 Å². The summed E-state index contributed by atoms with van der Waals surface area (Å²) in [6.07, 6.45) is 0.815. The highest BCUT2D eigenvalue weighted by molar-refractivity contribution is 5.82. The molecule has 0 aromatic heterocycles. The van der Waals surface area contributed by atoms with Crippen LogP contribution in [-0.4, -0.2) is 74.7 Å². The second kappa shape index (κ2) is 6.50. The maximum atomic E-state index is 12.2. The van der Waals surface area contributed by atoms with Gasteiger partial charge in [0, 0.05) is 25.7 Å². The molecule has 0 amide bonds. The van der Waals surface area contributed by atoms with Crippen LogP contribution < -0.4 is 5.32 Å². The van der Waals surface area contributed by atoms with Gasteiger partial charge in [-0.15, -0.1) is 0 Å². The lowest BCUT2D eigenvalue weighted by Gasteiger charge is -2.28. The van der Waals surface area contributed by atoms with E-state index >= 15 is 0 Å². The van der Waals surface area contributed by atoms with Crippen molar-refractivity contribution in [2.75, 3.05) is 47.4 Å². The van der Waals surface area contributed by atoms with Crippen LogP contribution in [0.2, 0.25) is 0 Å². The Morgan fingerprint density at radius 1 is 1.56 bits per heavy atom. The highest BCUT2D eigenvalue weighted by Gasteiger charge is 2.47. The summed E-state index contributed by atoms with van der Waals surface area (Å²) in [6, 6.07) is 0.404. The van der Waals surface area contributed by atoms with E-state index in [0.29, 0.717) is 12.6 Å². The maximum Gasteiger partial charge on any atom is 0.327 e. The standard InChI is InChI=1S/C13H27N3O2/c1-6-18-12(17)13(14-7-8-15(3)4)9-11(2)16(5)10-13/h11,14H,6-10H2,1-5H3. The van der Waals surface area contributed by atoms with Gasteiger partial charge in [-0.2, -0.15) is 0 Å². The minimum Gasteiger partial charge on any atom is -0.465 e. The summed E-state index contributed by atoms with van der Waals surface area (Å²) in [5, 5.41) is 3.41. The van der Waals surface area contributed by atoms with Crippen molar-refractivity contribution >= 4 is 5.97 Å². The molecule has 18 heavy (non-hydrogen) atoms. The number of likely N-dealkylation sites (N-methyl/N-ethyl adjacent to an activating group) is 2. The molecule has 1 aliphatic heterocycles. The van der Waals surface area contributed by atoms with E-state index in [1.54, 1.807) is 0 Å². The van der Waals surface area contributed by atoms with Gasteiger partial charge in [-0.05, 0) is 41.4 Å². The van der Waals surface area contributed by atoms with Crippen LogP contribution in [0.25, 0.3) is 0 Å². The Hall–Kier alpha value is -0.650. The number of nitrogens with zero attached hydrogens (tertiary/aromatic N) is 2. The van der Waals surface area contributed by atoms with Crippen LogP contribution in [0.4, 0.5) is 0 Å². The molecule has 1 aliphatic rings. The topological polar surface area (TPSA) is 44.8 Å². The molecule has 0 spiro atoms. The Morgan fingerprint density at radius 2 is 2.22 bits per heavy atom. The van der Waals surface area contributed by atoms with Gasteiger partial charge in [-0.25, -0.2) is 4.79 Å². The van der Waals surface area contributed by atoms with Gasteiger partial charge in [0.2, 0.25) is 0 Å². The van der Waals surface area contributed by atoms with Gasteiger partial charge < -0.3 is 14.5 Å². The number of esters is 1. The van der Waals surface area contributed by atoms with Crippen molar-refractivity contribution in [1.82, 2.24) is 15.1 Å². The molecule has 1 fully saturated rings. The highest BCUT2D eigenvalue weighted by Crippen LogP contribution is 2.27. The predicted octanol–water partition coefficient (Wildman–Crippen LogP) is 0.164. The zero-order valence-electron chi connectivity index (χ0n) is 12.3. The van der Waals surface area contributed by atoms with Crippen molar-refractivity contribution in [3.05, 3.63) is 0 Å². The third kappa shape index (κ3) is 3.67. The number of carbonyl (C=O) groups is 1. The molecule has 0 aromatic carbocycles. The lowest BCUT2D eigenvalue weighted by Crippen LogP contribution is -2.56. The fourth-order valence-corrected chi connectivity index (χ4v) is 2.44. The summed E-state index contributed by atoms with van der Waals surface area (Å²) in [7, 11) is 6.11. The summed E-state index contributed by atoms with van der Waals surface area (Å²) in [5.74, 6) is -0.111. The SMILES string of the molecule is CCOC(=O)C1(NCCN(C)C)CC(C)N(C)C1. The fourth-order valence-electron chi connectivity index (χ4n) is 2.44. The maximum absolute atomic E-state index is 12.2. The van der Waals surface area contributed by atoms with E-state index in [0.717, 1.165) is 26.1 Å². The number of hydrogen-bond acceptors (Lipinski definition) is 5. The molecule has 1 N–H and O–H groups in total. The largest absolute Gasteiger partial charge is 0.465 e. The van der Waals surface area contributed by atoms with Gasteiger partial charge in [-0.1, -0.05) is 0 Å². The molecule has 106 valence electrons. The molecule has 0 aromatic rings. The van der Waals surface area contributed by atoms with Crippen molar-refractivity contribution in [2.45, 2.75) is 31.8 Å². The van der Waals surface area contributed by atoms with E-state index in [1.165, 1.54) is 0 Å². The monoisotopic (exact) mass is 257 g/mol. The van der Waals surface area contributed by atoms with Crippen LogP contribution in [0, 0.1) is 0 Å². The first-order valence-electron chi connectivity index (χ1n) is 6.68. The quantitative estimate of drug-likeness (QED) is 0.687. The fraction of sp³-hybridized carbons (Fsp3) is 0.923. The minimum atomic E-state index is -0.528. The van der Waals surface area contributed by atoms with Crippen molar-refractivity contribution < 1.29 is 9.53 Å². The van der Waals surface area contributed by atoms with E-state index in [4.69, 9.17) is 4.74 Å². The van der Waals surface area contributed by atoms with Crippen LogP contribution >= 0.6 is 0 Å². The smallest absolute Gasteiger partial charge is 0.327 e. The Kier molecular flexibility index (Phi) is 5.56. The third-order valence-corrected chi connectivity index (χ3v) is 3.60. The summed E-state index contributed by atoms with van der Waals surface area (Å²) < 4.78 is 5.24. The molecule has 5 heteroatoms. The predicted molar refractivity (Wildman–Crippen MR) is 72.6 cm³/mol. The number of carbonyl (C=O) groups excluding carboxylic acids is 1. The molecule has 2 atom stereocenters. The van der Waals surface area contributed by atoms with Gasteiger partial charge in [0.1, 0.15) is 5.54 Å². The zero-order chi connectivity index (χ0) is 13.8. The summed E-state index contributed by atoms with van der Waals surface area (Å²) in [4.78, 5) is 16.5. The van der Waals surface area contributed by atoms with Crippen molar-refractivity contribution in [2.24, 2.45) is 0 Å². The van der Waals surface area contributed by atoms with Crippen LogP contribution in [0.5, 0.6) is 0 Å². The molecule has 2 unspecified atom stereocenters. The van der Waals surface area contributed by atoms with E-state index in [1.807, 2.05) is 21.0 Å². The van der Waals surface area contributed by atoms with Gasteiger partial charge in [0.15, 0.2) is 0 Å². The molecular formula is C13H27N3O2. The van der Waals surface area contributed by atoms with Crippen LogP contribution in [0.1, 0.15) is 20.3 Å². The van der Waals surface area contributed by atoms with Gasteiger partial charge in [0.05, 0.1) is 6.61 Å². The molecule has 0 saturated carbocycles. The zero-order valence-corrected chi connectivity index (χ0v) is 12.3. The molecule has 5 nitrogen and oxygen atoms in total. The summed E-state index contributed by atoms with van der Waals surface area (Å²) >= 11 is 0. The Bertz CT molecular complexity index is 271. The van der Waals surface area contributed by atoms with E-state index in [9.17, 15) is 4.79 Å². The normalized spacial score (nSPS) is 28.9. The number of likely N-dealkylation sites (tertiary alicyclic amines) is 1. The Labute approximate surface area is 110 Å². The van der Waals surface area contributed by atoms with Crippen LogP contribution in [0.3, 0.4) is 0 Å².